The molecular formula is C12H9ClN2O. The number of carbonyl (C=O) groups is 1. The summed E-state index contributed by atoms with van der Waals surface area (Å²) >= 11 is 5.75. The van der Waals surface area contributed by atoms with Gasteiger partial charge in [0.2, 0.25) is 0 Å². The maximum Gasteiger partial charge on any atom is 0.270 e. The van der Waals surface area contributed by atoms with E-state index < -0.39 is 0 Å². The number of allylic oxidation sites excluding steroid dienone is 1. The van der Waals surface area contributed by atoms with E-state index in [4.69, 9.17) is 11.6 Å². The van der Waals surface area contributed by atoms with Crippen LogP contribution in [0.15, 0.2) is 48.8 Å². The summed E-state index contributed by atoms with van der Waals surface area (Å²) in [6.07, 6.45) is 6.36. The smallest absolute Gasteiger partial charge is 0.267 e. The fourth-order valence-electron chi connectivity index (χ4n) is 1.22. The summed E-state index contributed by atoms with van der Waals surface area (Å²) in [4.78, 5) is 11.5. The number of halogens is 1. The van der Waals surface area contributed by atoms with Gasteiger partial charge < -0.3 is 0 Å². The molecule has 0 radical (unpaired) electrons. The minimum Gasteiger partial charge on any atom is -0.267 e. The van der Waals surface area contributed by atoms with Crippen molar-refractivity contribution < 1.29 is 4.79 Å². The van der Waals surface area contributed by atoms with Gasteiger partial charge >= 0.3 is 0 Å². The molecule has 1 heterocycles. The second-order valence-corrected chi connectivity index (χ2v) is 3.61. The Morgan fingerprint density at radius 1 is 1.31 bits per heavy atom. The van der Waals surface area contributed by atoms with Gasteiger partial charge in [-0.1, -0.05) is 23.7 Å². The van der Waals surface area contributed by atoms with Crippen LogP contribution >= 0.6 is 11.6 Å². The van der Waals surface area contributed by atoms with Crippen molar-refractivity contribution in [1.29, 1.82) is 0 Å². The van der Waals surface area contributed by atoms with Gasteiger partial charge in [0.15, 0.2) is 0 Å². The van der Waals surface area contributed by atoms with Gasteiger partial charge in [-0.25, -0.2) is 4.68 Å². The number of carbonyl (C=O) groups excluding carboxylic acids is 1. The zero-order chi connectivity index (χ0) is 11.4. The molecule has 0 amide bonds. The Bertz CT molecular complexity index is 500. The summed E-state index contributed by atoms with van der Waals surface area (Å²) in [5, 5.41) is 4.51. The van der Waals surface area contributed by atoms with Gasteiger partial charge in [0.05, 0.1) is 0 Å². The predicted octanol–water partition coefficient (Wildman–Crippen LogP) is 2.89. The van der Waals surface area contributed by atoms with E-state index in [-0.39, 0.29) is 5.91 Å². The molecule has 0 saturated carbocycles. The van der Waals surface area contributed by atoms with Crippen LogP contribution in [0.5, 0.6) is 0 Å². The Morgan fingerprint density at radius 3 is 2.69 bits per heavy atom. The van der Waals surface area contributed by atoms with Crippen molar-refractivity contribution in [2.45, 2.75) is 0 Å². The van der Waals surface area contributed by atoms with Crippen LogP contribution < -0.4 is 0 Å². The quantitative estimate of drug-likeness (QED) is 0.747. The third-order valence-electron chi connectivity index (χ3n) is 2.02. The van der Waals surface area contributed by atoms with Gasteiger partial charge in [0.1, 0.15) is 0 Å². The average molecular weight is 233 g/mol. The highest BCUT2D eigenvalue weighted by Gasteiger charge is 1.98. The first-order chi connectivity index (χ1) is 7.75. The second kappa shape index (κ2) is 4.77. The molecule has 0 saturated heterocycles. The highest BCUT2D eigenvalue weighted by molar-refractivity contribution is 6.30. The van der Waals surface area contributed by atoms with Crippen LogP contribution in [0.3, 0.4) is 0 Å². The molecule has 0 atom stereocenters. The first-order valence-corrected chi connectivity index (χ1v) is 5.11. The van der Waals surface area contributed by atoms with Gasteiger partial charge in [-0.15, -0.1) is 0 Å². The lowest BCUT2D eigenvalue weighted by Gasteiger charge is -1.94. The molecule has 0 aliphatic heterocycles. The van der Waals surface area contributed by atoms with Crippen LogP contribution in [-0.2, 0) is 0 Å². The molecule has 0 fully saturated rings. The Balaban J connectivity index is 2.10. The van der Waals surface area contributed by atoms with Crippen molar-refractivity contribution in [1.82, 2.24) is 9.78 Å². The van der Waals surface area contributed by atoms with E-state index in [1.54, 1.807) is 36.7 Å². The van der Waals surface area contributed by atoms with Crippen molar-refractivity contribution in [3.63, 3.8) is 0 Å². The zero-order valence-electron chi connectivity index (χ0n) is 8.38. The SMILES string of the molecule is O=C(/C=C/c1ccc(Cl)cc1)n1cccn1. The normalized spacial score (nSPS) is 10.8. The third-order valence-corrected chi connectivity index (χ3v) is 2.27. The van der Waals surface area contributed by atoms with Crippen LogP contribution in [0.1, 0.15) is 10.4 Å². The molecule has 16 heavy (non-hydrogen) atoms. The highest BCUT2D eigenvalue weighted by Crippen LogP contribution is 2.10. The van der Waals surface area contributed by atoms with Gasteiger partial charge in [-0.05, 0) is 29.8 Å². The molecule has 0 aliphatic carbocycles. The standard InChI is InChI=1S/C12H9ClN2O/c13-11-5-2-10(3-6-11)4-7-12(16)15-9-1-8-14-15/h1-9H/b7-4+. The molecule has 2 rings (SSSR count). The summed E-state index contributed by atoms with van der Waals surface area (Å²) in [7, 11) is 0. The number of aromatic nitrogens is 2. The lowest BCUT2D eigenvalue weighted by atomic mass is 10.2. The van der Waals surface area contributed by atoms with E-state index in [1.807, 2.05) is 12.1 Å². The van der Waals surface area contributed by atoms with Crippen molar-refractivity contribution in [3.8, 4) is 0 Å². The summed E-state index contributed by atoms with van der Waals surface area (Å²) < 4.78 is 1.27. The van der Waals surface area contributed by atoms with Crippen LogP contribution in [-0.4, -0.2) is 15.7 Å². The summed E-state index contributed by atoms with van der Waals surface area (Å²) in [6, 6.07) is 8.94. The summed E-state index contributed by atoms with van der Waals surface area (Å²) in [5.41, 5.74) is 0.921. The van der Waals surface area contributed by atoms with E-state index in [1.165, 1.54) is 10.8 Å². The van der Waals surface area contributed by atoms with Gasteiger partial charge in [0.25, 0.3) is 5.91 Å². The van der Waals surface area contributed by atoms with E-state index in [2.05, 4.69) is 5.10 Å². The Hall–Kier alpha value is -1.87. The Labute approximate surface area is 98.0 Å². The second-order valence-electron chi connectivity index (χ2n) is 3.17. The van der Waals surface area contributed by atoms with Crippen molar-refractivity contribution in [2.24, 2.45) is 0 Å². The summed E-state index contributed by atoms with van der Waals surface area (Å²) in [6.45, 7) is 0. The predicted molar refractivity (Wildman–Crippen MR) is 63.3 cm³/mol. The van der Waals surface area contributed by atoms with Gasteiger partial charge in [-0.2, -0.15) is 5.10 Å². The third kappa shape index (κ3) is 2.58. The first-order valence-electron chi connectivity index (χ1n) is 4.73. The average Bonchev–Trinajstić information content (AvgIpc) is 2.81. The van der Waals surface area contributed by atoms with Gasteiger partial charge in [-0.3, -0.25) is 4.79 Å². The molecule has 4 heteroatoms. The minimum absolute atomic E-state index is 0.181. The van der Waals surface area contributed by atoms with E-state index in [9.17, 15) is 4.79 Å². The topological polar surface area (TPSA) is 34.9 Å². The number of rotatable bonds is 2. The maximum absolute atomic E-state index is 11.5. The van der Waals surface area contributed by atoms with Crippen molar-refractivity contribution in [2.75, 3.05) is 0 Å². The summed E-state index contributed by atoms with van der Waals surface area (Å²) in [5.74, 6) is -0.181. The van der Waals surface area contributed by atoms with Crippen LogP contribution in [0.2, 0.25) is 5.02 Å². The Morgan fingerprint density at radius 2 is 2.06 bits per heavy atom. The van der Waals surface area contributed by atoms with Crippen LogP contribution in [0, 0.1) is 0 Å². The molecule has 3 nitrogen and oxygen atoms in total. The minimum atomic E-state index is -0.181. The maximum atomic E-state index is 11.5. The molecule has 80 valence electrons. The van der Waals surface area contributed by atoms with E-state index in [0.717, 1.165) is 5.56 Å². The largest absolute Gasteiger partial charge is 0.270 e. The van der Waals surface area contributed by atoms with Crippen molar-refractivity contribution >= 4 is 23.6 Å². The van der Waals surface area contributed by atoms with Gasteiger partial charge in [0, 0.05) is 23.5 Å². The number of benzene rings is 1. The molecule has 0 bridgehead atoms. The van der Waals surface area contributed by atoms with E-state index >= 15 is 0 Å². The first kappa shape index (κ1) is 10.6. The zero-order valence-corrected chi connectivity index (χ0v) is 9.13. The molecular weight excluding hydrogens is 224 g/mol. The van der Waals surface area contributed by atoms with Crippen molar-refractivity contribution in [3.05, 3.63) is 59.4 Å². The van der Waals surface area contributed by atoms with Crippen LogP contribution in [0.25, 0.3) is 6.08 Å². The molecule has 0 N–H and O–H groups in total. The monoisotopic (exact) mass is 232 g/mol. The molecule has 0 aliphatic rings. The van der Waals surface area contributed by atoms with Crippen LogP contribution in [0.4, 0.5) is 0 Å². The lowest BCUT2D eigenvalue weighted by Crippen LogP contribution is -2.06. The fourth-order valence-corrected chi connectivity index (χ4v) is 1.34. The molecule has 2 aromatic rings. The number of hydrogen-bond donors (Lipinski definition) is 0. The molecule has 1 aromatic heterocycles. The lowest BCUT2D eigenvalue weighted by molar-refractivity contribution is 0.0955. The van der Waals surface area contributed by atoms with E-state index in [0.29, 0.717) is 5.02 Å². The fraction of sp³-hybridized carbons (Fsp3) is 0. The number of nitrogens with zero attached hydrogens (tertiary/aromatic N) is 2. The molecule has 1 aromatic carbocycles. The highest BCUT2D eigenvalue weighted by atomic mass is 35.5. The number of hydrogen-bond acceptors (Lipinski definition) is 2. The Kier molecular flexibility index (Phi) is 3.17. The molecule has 0 unspecified atom stereocenters. The molecule has 0 spiro atoms.